The summed E-state index contributed by atoms with van der Waals surface area (Å²) in [7, 11) is 0. The molecule has 3 aromatic rings. The number of halogens is 1. The van der Waals surface area contributed by atoms with Crippen molar-refractivity contribution < 1.29 is 24.2 Å². The van der Waals surface area contributed by atoms with Crippen molar-refractivity contribution in [2.45, 2.75) is 19.8 Å². The molecule has 2 amide bonds. The van der Waals surface area contributed by atoms with Gasteiger partial charge in [-0.1, -0.05) is 41.9 Å². The maximum absolute atomic E-state index is 13.3. The standard InChI is InChI=1S/C27H26ClN3O5/c1-2-36-27(35)17-11-13-31(14-12-17)26(34)22-9-7-19(20-5-3-4-6-21(20)22)16-29-30-25(33)18-8-10-24(32)23(28)15-18/h3-10,15-17,32H,2,11-14H2,1H3,(H,30,33). The van der Waals surface area contributed by atoms with Gasteiger partial charge in [-0.05, 0) is 54.8 Å². The van der Waals surface area contributed by atoms with Crippen LogP contribution in [0.4, 0.5) is 0 Å². The number of piperidine rings is 1. The van der Waals surface area contributed by atoms with Crippen molar-refractivity contribution in [3.8, 4) is 5.75 Å². The Balaban J connectivity index is 1.49. The molecule has 0 atom stereocenters. The van der Waals surface area contributed by atoms with Gasteiger partial charge in [0.05, 0.1) is 23.8 Å². The third kappa shape index (κ3) is 5.49. The molecule has 186 valence electrons. The zero-order valence-electron chi connectivity index (χ0n) is 19.7. The summed E-state index contributed by atoms with van der Waals surface area (Å²) in [5.41, 5.74) is 4.00. The third-order valence-electron chi connectivity index (χ3n) is 6.17. The maximum atomic E-state index is 13.3. The molecule has 0 unspecified atom stereocenters. The van der Waals surface area contributed by atoms with Gasteiger partial charge in [-0.2, -0.15) is 5.10 Å². The van der Waals surface area contributed by atoms with Crippen LogP contribution in [0.15, 0.2) is 59.7 Å². The van der Waals surface area contributed by atoms with Crippen molar-refractivity contribution in [2.24, 2.45) is 11.0 Å². The van der Waals surface area contributed by atoms with Crippen LogP contribution < -0.4 is 5.43 Å². The van der Waals surface area contributed by atoms with Crippen molar-refractivity contribution in [3.63, 3.8) is 0 Å². The van der Waals surface area contributed by atoms with E-state index in [1.54, 1.807) is 24.0 Å². The minimum Gasteiger partial charge on any atom is -0.506 e. The first-order valence-electron chi connectivity index (χ1n) is 11.7. The summed E-state index contributed by atoms with van der Waals surface area (Å²) >= 11 is 5.86. The van der Waals surface area contributed by atoms with E-state index in [2.05, 4.69) is 10.5 Å². The van der Waals surface area contributed by atoms with Gasteiger partial charge in [0.25, 0.3) is 11.8 Å². The van der Waals surface area contributed by atoms with E-state index in [-0.39, 0.29) is 34.1 Å². The molecule has 0 bridgehead atoms. The number of carbonyl (C=O) groups excluding carboxylic acids is 3. The molecular formula is C27H26ClN3O5. The van der Waals surface area contributed by atoms with Crippen LogP contribution >= 0.6 is 11.6 Å². The summed E-state index contributed by atoms with van der Waals surface area (Å²) in [5.74, 6) is -1.04. The molecule has 2 N–H and O–H groups in total. The SMILES string of the molecule is CCOC(=O)C1CCN(C(=O)c2ccc(C=NNC(=O)c3ccc(O)c(Cl)c3)c3ccccc23)CC1. The van der Waals surface area contributed by atoms with E-state index in [0.29, 0.717) is 38.1 Å². The fraction of sp³-hybridized carbons (Fsp3) is 0.259. The lowest BCUT2D eigenvalue weighted by Crippen LogP contribution is -2.40. The second kappa shape index (κ2) is 11.2. The van der Waals surface area contributed by atoms with Crippen LogP contribution in [-0.2, 0) is 9.53 Å². The highest BCUT2D eigenvalue weighted by Crippen LogP contribution is 2.26. The minimum absolute atomic E-state index is 0.0722. The summed E-state index contributed by atoms with van der Waals surface area (Å²) < 4.78 is 5.12. The van der Waals surface area contributed by atoms with E-state index in [9.17, 15) is 19.5 Å². The average molecular weight is 508 g/mol. The molecule has 0 radical (unpaired) electrons. The molecule has 1 fully saturated rings. The number of hydrazone groups is 1. The number of phenols is 1. The summed E-state index contributed by atoms with van der Waals surface area (Å²) in [6.07, 6.45) is 2.68. The second-order valence-electron chi connectivity index (χ2n) is 8.43. The number of nitrogens with one attached hydrogen (secondary N) is 1. The fourth-order valence-corrected chi connectivity index (χ4v) is 4.42. The number of hydrogen-bond donors (Lipinski definition) is 2. The number of esters is 1. The van der Waals surface area contributed by atoms with E-state index in [0.717, 1.165) is 16.3 Å². The van der Waals surface area contributed by atoms with Gasteiger partial charge in [-0.25, -0.2) is 5.43 Å². The number of likely N-dealkylation sites (tertiary alicyclic amines) is 1. The fourth-order valence-electron chi connectivity index (χ4n) is 4.24. The highest BCUT2D eigenvalue weighted by atomic mass is 35.5. The molecule has 0 spiro atoms. The van der Waals surface area contributed by atoms with Gasteiger partial charge < -0.3 is 14.7 Å². The molecule has 0 aromatic heterocycles. The first kappa shape index (κ1) is 25.2. The number of ether oxygens (including phenoxy) is 1. The van der Waals surface area contributed by atoms with Gasteiger partial charge in [-0.15, -0.1) is 0 Å². The lowest BCUT2D eigenvalue weighted by molar-refractivity contribution is -0.149. The van der Waals surface area contributed by atoms with Crippen molar-refractivity contribution in [2.75, 3.05) is 19.7 Å². The number of fused-ring (bicyclic) bond motifs is 1. The lowest BCUT2D eigenvalue weighted by Gasteiger charge is -2.31. The molecule has 3 aromatic carbocycles. The predicted molar refractivity (Wildman–Crippen MR) is 137 cm³/mol. The highest BCUT2D eigenvalue weighted by molar-refractivity contribution is 6.32. The highest BCUT2D eigenvalue weighted by Gasteiger charge is 2.29. The molecule has 1 aliphatic heterocycles. The van der Waals surface area contributed by atoms with Crippen LogP contribution in [0.3, 0.4) is 0 Å². The first-order chi connectivity index (χ1) is 17.4. The lowest BCUT2D eigenvalue weighted by atomic mass is 9.95. The topological polar surface area (TPSA) is 108 Å². The Kier molecular flexibility index (Phi) is 7.85. The Hall–Kier alpha value is -3.91. The van der Waals surface area contributed by atoms with Crippen LogP contribution in [0.5, 0.6) is 5.75 Å². The van der Waals surface area contributed by atoms with Crippen molar-refractivity contribution in [3.05, 3.63) is 76.3 Å². The van der Waals surface area contributed by atoms with Gasteiger partial charge >= 0.3 is 5.97 Å². The van der Waals surface area contributed by atoms with Crippen molar-refractivity contribution >= 4 is 46.4 Å². The van der Waals surface area contributed by atoms with E-state index in [4.69, 9.17) is 16.3 Å². The smallest absolute Gasteiger partial charge is 0.309 e. The Bertz CT molecular complexity index is 1330. The van der Waals surface area contributed by atoms with E-state index in [1.165, 1.54) is 24.4 Å². The maximum Gasteiger partial charge on any atom is 0.309 e. The molecule has 36 heavy (non-hydrogen) atoms. The molecule has 1 heterocycles. The zero-order valence-corrected chi connectivity index (χ0v) is 20.5. The van der Waals surface area contributed by atoms with E-state index >= 15 is 0 Å². The number of benzene rings is 3. The number of hydrogen-bond acceptors (Lipinski definition) is 6. The van der Waals surface area contributed by atoms with Gasteiger partial charge in [-0.3, -0.25) is 14.4 Å². The Morgan fingerprint density at radius 1 is 1.11 bits per heavy atom. The molecule has 1 aliphatic rings. The number of aromatic hydroxyl groups is 1. The van der Waals surface area contributed by atoms with Crippen LogP contribution in [-0.4, -0.2) is 53.7 Å². The zero-order chi connectivity index (χ0) is 25.7. The normalized spacial score (nSPS) is 14.2. The second-order valence-corrected chi connectivity index (χ2v) is 8.84. The summed E-state index contributed by atoms with van der Waals surface area (Å²) in [6, 6.07) is 15.2. The Morgan fingerprint density at radius 3 is 2.53 bits per heavy atom. The summed E-state index contributed by atoms with van der Waals surface area (Å²) in [6.45, 7) is 3.13. The molecule has 9 heteroatoms. The van der Waals surface area contributed by atoms with Crippen LogP contribution in [0.2, 0.25) is 5.02 Å². The summed E-state index contributed by atoms with van der Waals surface area (Å²) in [4.78, 5) is 39.5. The molecule has 8 nitrogen and oxygen atoms in total. The van der Waals surface area contributed by atoms with Crippen LogP contribution in [0.25, 0.3) is 10.8 Å². The molecule has 0 saturated carbocycles. The van der Waals surface area contributed by atoms with E-state index in [1.807, 2.05) is 24.3 Å². The molecular weight excluding hydrogens is 482 g/mol. The molecule has 0 aliphatic carbocycles. The van der Waals surface area contributed by atoms with Crippen molar-refractivity contribution in [1.29, 1.82) is 0 Å². The number of amides is 2. The summed E-state index contributed by atoms with van der Waals surface area (Å²) in [5, 5.41) is 15.2. The molecule has 4 rings (SSSR count). The quantitative estimate of drug-likeness (QED) is 0.292. The van der Waals surface area contributed by atoms with Gasteiger partial charge in [0.2, 0.25) is 0 Å². The third-order valence-corrected chi connectivity index (χ3v) is 6.47. The number of nitrogens with zero attached hydrogens (tertiary/aromatic N) is 2. The molecule has 1 saturated heterocycles. The largest absolute Gasteiger partial charge is 0.506 e. The minimum atomic E-state index is -0.476. The monoisotopic (exact) mass is 507 g/mol. The van der Waals surface area contributed by atoms with E-state index < -0.39 is 5.91 Å². The number of rotatable bonds is 6. The van der Waals surface area contributed by atoms with Crippen LogP contribution in [0, 0.1) is 5.92 Å². The van der Waals surface area contributed by atoms with Crippen molar-refractivity contribution in [1.82, 2.24) is 10.3 Å². The Morgan fingerprint density at radius 2 is 1.83 bits per heavy atom. The Labute approximate surface area is 213 Å². The van der Waals surface area contributed by atoms with Crippen LogP contribution in [0.1, 0.15) is 46.0 Å². The first-order valence-corrected chi connectivity index (χ1v) is 12.1. The van der Waals surface area contributed by atoms with Gasteiger partial charge in [0.15, 0.2) is 0 Å². The van der Waals surface area contributed by atoms with Gasteiger partial charge in [0, 0.05) is 29.8 Å². The average Bonchev–Trinajstić information content (AvgIpc) is 2.90. The number of phenolic OH excluding ortho intramolecular Hbond substituents is 1. The number of carbonyl (C=O) groups is 3. The predicted octanol–water partition coefficient (Wildman–Crippen LogP) is 4.38. The van der Waals surface area contributed by atoms with Gasteiger partial charge in [0.1, 0.15) is 5.75 Å².